The van der Waals surface area contributed by atoms with Gasteiger partial charge in [-0.05, 0) is 30.5 Å². The highest BCUT2D eigenvalue weighted by Crippen LogP contribution is 2.20. The fourth-order valence-corrected chi connectivity index (χ4v) is 2.61. The Kier molecular flexibility index (Phi) is 6.77. The molecule has 2 amide bonds. The summed E-state index contributed by atoms with van der Waals surface area (Å²) in [6.45, 7) is 0.823. The number of carbonyl (C=O) groups is 2. The first kappa shape index (κ1) is 18.0. The number of hydrogen-bond donors (Lipinski definition) is 2. The second-order valence-electron chi connectivity index (χ2n) is 4.81. The van der Waals surface area contributed by atoms with Crippen molar-refractivity contribution in [2.24, 2.45) is 0 Å². The standard InChI is InChI=1S/C17H19N3O3S/c1-23-11-10-18-15(21)12-6-3-4-8-14(12)20-16(22)13-7-5-9-19-17(13)24-2/h3-9H,10-11H2,1-2H3,(H,18,21)(H,20,22). The minimum Gasteiger partial charge on any atom is -0.383 e. The molecule has 0 aliphatic heterocycles. The smallest absolute Gasteiger partial charge is 0.258 e. The summed E-state index contributed by atoms with van der Waals surface area (Å²) in [5.41, 5.74) is 1.32. The number of anilines is 1. The van der Waals surface area contributed by atoms with Crippen LogP contribution in [0, 0.1) is 0 Å². The Morgan fingerprint density at radius 3 is 2.62 bits per heavy atom. The zero-order chi connectivity index (χ0) is 17.4. The summed E-state index contributed by atoms with van der Waals surface area (Å²) in [6.07, 6.45) is 3.50. The predicted molar refractivity (Wildman–Crippen MR) is 94.6 cm³/mol. The van der Waals surface area contributed by atoms with Crippen LogP contribution >= 0.6 is 11.8 Å². The lowest BCUT2D eigenvalue weighted by molar-refractivity contribution is 0.0938. The molecule has 6 nitrogen and oxygen atoms in total. The Labute approximate surface area is 145 Å². The van der Waals surface area contributed by atoms with E-state index < -0.39 is 0 Å². The van der Waals surface area contributed by atoms with Crippen molar-refractivity contribution in [3.63, 3.8) is 0 Å². The molecule has 1 heterocycles. The van der Waals surface area contributed by atoms with Gasteiger partial charge in [0, 0.05) is 19.9 Å². The zero-order valence-electron chi connectivity index (χ0n) is 13.5. The van der Waals surface area contributed by atoms with Gasteiger partial charge < -0.3 is 15.4 Å². The molecule has 126 valence electrons. The molecule has 0 aliphatic rings. The maximum atomic E-state index is 12.5. The lowest BCUT2D eigenvalue weighted by Gasteiger charge is -2.12. The van der Waals surface area contributed by atoms with Crippen molar-refractivity contribution in [3.05, 3.63) is 53.7 Å². The van der Waals surface area contributed by atoms with Crippen molar-refractivity contribution in [3.8, 4) is 0 Å². The normalized spacial score (nSPS) is 10.2. The van der Waals surface area contributed by atoms with Gasteiger partial charge in [-0.25, -0.2) is 4.98 Å². The number of thioether (sulfide) groups is 1. The third-order valence-electron chi connectivity index (χ3n) is 3.22. The van der Waals surface area contributed by atoms with Gasteiger partial charge in [0.1, 0.15) is 5.03 Å². The van der Waals surface area contributed by atoms with Crippen LogP contribution < -0.4 is 10.6 Å². The van der Waals surface area contributed by atoms with Gasteiger partial charge in [-0.15, -0.1) is 11.8 Å². The van der Waals surface area contributed by atoms with Gasteiger partial charge in [-0.3, -0.25) is 9.59 Å². The molecule has 0 aliphatic carbocycles. The first-order valence-corrected chi connectivity index (χ1v) is 8.56. The quantitative estimate of drug-likeness (QED) is 0.595. The van der Waals surface area contributed by atoms with Crippen molar-refractivity contribution >= 4 is 29.3 Å². The number of rotatable bonds is 7. The molecule has 2 rings (SSSR count). The lowest BCUT2D eigenvalue weighted by Crippen LogP contribution is -2.28. The number of para-hydroxylation sites is 1. The van der Waals surface area contributed by atoms with Gasteiger partial charge in [-0.1, -0.05) is 12.1 Å². The Morgan fingerprint density at radius 2 is 1.88 bits per heavy atom. The van der Waals surface area contributed by atoms with Crippen molar-refractivity contribution in [1.29, 1.82) is 0 Å². The minimum absolute atomic E-state index is 0.265. The highest BCUT2D eigenvalue weighted by atomic mass is 32.2. The molecular formula is C17H19N3O3S. The zero-order valence-corrected chi connectivity index (χ0v) is 14.4. The molecule has 0 bridgehead atoms. The lowest BCUT2D eigenvalue weighted by atomic mass is 10.1. The Morgan fingerprint density at radius 1 is 1.12 bits per heavy atom. The largest absolute Gasteiger partial charge is 0.383 e. The van der Waals surface area contributed by atoms with Crippen LogP contribution in [0.1, 0.15) is 20.7 Å². The molecule has 0 unspecified atom stereocenters. The molecule has 0 saturated heterocycles. The van der Waals surface area contributed by atoms with Crippen molar-refractivity contribution in [1.82, 2.24) is 10.3 Å². The third-order valence-corrected chi connectivity index (χ3v) is 3.93. The van der Waals surface area contributed by atoms with E-state index in [2.05, 4.69) is 15.6 Å². The topological polar surface area (TPSA) is 80.3 Å². The summed E-state index contributed by atoms with van der Waals surface area (Å²) in [5.74, 6) is -0.566. The van der Waals surface area contributed by atoms with E-state index in [0.29, 0.717) is 35.0 Å². The van der Waals surface area contributed by atoms with Crippen molar-refractivity contribution in [2.75, 3.05) is 31.8 Å². The molecule has 0 atom stereocenters. The summed E-state index contributed by atoms with van der Waals surface area (Å²) in [4.78, 5) is 28.9. The SMILES string of the molecule is COCCNC(=O)c1ccccc1NC(=O)c1cccnc1SC. The average molecular weight is 345 g/mol. The van der Waals surface area contributed by atoms with Gasteiger partial charge >= 0.3 is 0 Å². The van der Waals surface area contributed by atoms with Crippen molar-refractivity contribution < 1.29 is 14.3 Å². The number of ether oxygens (including phenoxy) is 1. The molecule has 2 aromatic rings. The molecule has 7 heteroatoms. The fraction of sp³-hybridized carbons (Fsp3) is 0.235. The van der Waals surface area contributed by atoms with Crippen LogP contribution in [0.5, 0.6) is 0 Å². The van der Waals surface area contributed by atoms with Gasteiger partial charge in [0.05, 0.1) is 23.4 Å². The van der Waals surface area contributed by atoms with Crippen LogP contribution in [0.25, 0.3) is 0 Å². The van der Waals surface area contributed by atoms with E-state index in [1.54, 1.807) is 49.7 Å². The number of methoxy groups -OCH3 is 1. The molecule has 1 aromatic heterocycles. The van der Waals surface area contributed by atoms with E-state index in [4.69, 9.17) is 4.74 Å². The van der Waals surface area contributed by atoms with E-state index in [9.17, 15) is 9.59 Å². The Bertz CT molecular complexity index is 722. The Balaban J connectivity index is 2.18. The summed E-state index contributed by atoms with van der Waals surface area (Å²) >= 11 is 1.39. The number of hydrogen-bond acceptors (Lipinski definition) is 5. The molecule has 1 aromatic carbocycles. The van der Waals surface area contributed by atoms with Crippen LogP contribution in [-0.4, -0.2) is 43.3 Å². The van der Waals surface area contributed by atoms with E-state index in [1.807, 2.05) is 6.26 Å². The van der Waals surface area contributed by atoms with E-state index in [1.165, 1.54) is 11.8 Å². The summed E-state index contributed by atoms with van der Waals surface area (Å²) < 4.78 is 4.91. The summed E-state index contributed by atoms with van der Waals surface area (Å²) in [5, 5.41) is 6.17. The van der Waals surface area contributed by atoms with Crippen LogP contribution in [0.15, 0.2) is 47.6 Å². The maximum absolute atomic E-state index is 12.5. The number of nitrogens with zero attached hydrogens (tertiary/aromatic N) is 1. The highest BCUT2D eigenvalue weighted by Gasteiger charge is 2.16. The average Bonchev–Trinajstić information content (AvgIpc) is 2.62. The monoisotopic (exact) mass is 345 g/mol. The molecule has 0 fully saturated rings. The fourth-order valence-electron chi connectivity index (χ4n) is 2.07. The minimum atomic E-state index is -0.301. The number of carbonyl (C=O) groups excluding carboxylic acids is 2. The number of benzene rings is 1. The molecule has 0 radical (unpaired) electrons. The Hall–Kier alpha value is -2.38. The van der Waals surface area contributed by atoms with Crippen molar-refractivity contribution in [2.45, 2.75) is 5.03 Å². The number of aromatic nitrogens is 1. The maximum Gasteiger partial charge on any atom is 0.258 e. The summed E-state index contributed by atoms with van der Waals surface area (Å²) in [7, 11) is 1.57. The van der Waals surface area contributed by atoms with E-state index >= 15 is 0 Å². The van der Waals surface area contributed by atoms with Crippen LogP contribution in [0.3, 0.4) is 0 Å². The second-order valence-corrected chi connectivity index (χ2v) is 5.60. The van der Waals surface area contributed by atoms with Crippen LogP contribution in [0.4, 0.5) is 5.69 Å². The van der Waals surface area contributed by atoms with Crippen LogP contribution in [-0.2, 0) is 4.74 Å². The second kappa shape index (κ2) is 9.05. The third kappa shape index (κ3) is 4.56. The van der Waals surface area contributed by atoms with Gasteiger partial charge in [-0.2, -0.15) is 0 Å². The van der Waals surface area contributed by atoms with Gasteiger partial charge in [0.15, 0.2) is 0 Å². The van der Waals surface area contributed by atoms with Crippen LogP contribution in [0.2, 0.25) is 0 Å². The highest BCUT2D eigenvalue weighted by molar-refractivity contribution is 7.98. The number of nitrogens with one attached hydrogen (secondary N) is 2. The molecule has 24 heavy (non-hydrogen) atoms. The molecular weight excluding hydrogens is 326 g/mol. The number of pyridine rings is 1. The first-order valence-electron chi connectivity index (χ1n) is 7.34. The first-order chi connectivity index (χ1) is 11.7. The molecule has 0 spiro atoms. The molecule has 0 saturated carbocycles. The van der Waals surface area contributed by atoms with E-state index in [-0.39, 0.29) is 11.8 Å². The van der Waals surface area contributed by atoms with E-state index in [0.717, 1.165) is 0 Å². The number of amides is 2. The summed E-state index contributed by atoms with van der Waals surface area (Å²) in [6, 6.07) is 10.3. The van der Waals surface area contributed by atoms with Gasteiger partial charge in [0.2, 0.25) is 0 Å². The molecule has 2 N–H and O–H groups in total. The predicted octanol–water partition coefficient (Wildman–Crippen LogP) is 2.43. The van der Waals surface area contributed by atoms with Gasteiger partial charge in [0.25, 0.3) is 11.8 Å².